The summed E-state index contributed by atoms with van der Waals surface area (Å²) in [5.41, 5.74) is 5.80. The molecule has 0 amide bonds. The Morgan fingerprint density at radius 3 is 2.46 bits per heavy atom. The SMILES string of the molecule is Cl.NCC(NS(=O)(=O)c1ccc2c(c1)OCCCO2)C1CCCC1. The van der Waals surface area contributed by atoms with Crippen LogP contribution in [-0.4, -0.2) is 34.2 Å². The largest absolute Gasteiger partial charge is 0.490 e. The third-order valence-corrected chi connectivity index (χ3v) is 6.05. The Bertz CT molecular complexity index is 647. The van der Waals surface area contributed by atoms with Gasteiger partial charge in [-0.15, -0.1) is 12.4 Å². The van der Waals surface area contributed by atoms with Crippen LogP contribution in [0.5, 0.6) is 11.5 Å². The van der Waals surface area contributed by atoms with E-state index in [2.05, 4.69) is 4.72 Å². The van der Waals surface area contributed by atoms with Crippen molar-refractivity contribution in [1.82, 2.24) is 4.72 Å². The van der Waals surface area contributed by atoms with Gasteiger partial charge < -0.3 is 15.2 Å². The van der Waals surface area contributed by atoms with E-state index < -0.39 is 10.0 Å². The van der Waals surface area contributed by atoms with Crippen molar-refractivity contribution < 1.29 is 17.9 Å². The lowest BCUT2D eigenvalue weighted by atomic mass is 9.99. The maximum atomic E-state index is 12.7. The first-order valence-electron chi connectivity index (χ1n) is 8.22. The highest BCUT2D eigenvalue weighted by Crippen LogP contribution is 2.33. The van der Waals surface area contributed by atoms with Crippen LogP contribution in [0.25, 0.3) is 0 Å². The van der Waals surface area contributed by atoms with E-state index in [4.69, 9.17) is 15.2 Å². The van der Waals surface area contributed by atoms with E-state index in [1.54, 1.807) is 12.1 Å². The van der Waals surface area contributed by atoms with Crippen LogP contribution in [-0.2, 0) is 10.0 Å². The lowest BCUT2D eigenvalue weighted by Crippen LogP contribution is -2.44. The first-order chi connectivity index (χ1) is 11.1. The minimum atomic E-state index is -3.62. The molecule has 0 saturated heterocycles. The van der Waals surface area contributed by atoms with Crippen LogP contribution >= 0.6 is 12.4 Å². The van der Waals surface area contributed by atoms with Crippen molar-refractivity contribution in [3.63, 3.8) is 0 Å². The van der Waals surface area contributed by atoms with E-state index in [-0.39, 0.29) is 23.3 Å². The number of nitrogens with two attached hydrogens (primary N) is 1. The standard InChI is InChI=1S/C16H24N2O4S.ClH/c17-11-14(12-4-1-2-5-12)18-23(19,20)13-6-7-15-16(10-13)22-9-3-8-21-15;/h6-7,10,12,14,18H,1-5,8-9,11,17H2;1H. The summed E-state index contributed by atoms with van der Waals surface area (Å²) >= 11 is 0. The van der Waals surface area contributed by atoms with E-state index in [0.717, 1.165) is 32.1 Å². The summed E-state index contributed by atoms with van der Waals surface area (Å²) in [7, 11) is -3.62. The van der Waals surface area contributed by atoms with E-state index in [9.17, 15) is 8.42 Å². The van der Waals surface area contributed by atoms with Gasteiger partial charge in [0, 0.05) is 25.1 Å². The van der Waals surface area contributed by atoms with E-state index in [0.29, 0.717) is 37.2 Å². The molecule has 0 aromatic heterocycles. The monoisotopic (exact) mass is 376 g/mol. The fraction of sp³-hybridized carbons (Fsp3) is 0.625. The van der Waals surface area contributed by atoms with Crippen LogP contribution in [0.1, 0.15) is 32.1 Å². The highest BCUT2D eigenvalue weighted by molar-refractivity contribution is 7.89. The summed E-state index contributed by atoms with van der Waals surface area (Å²) in [6.07, 6.45) is 5.14. The van der Waals surface area contributed by atoms with Crippen molar-refractivity contribution in [2.45, 2.75) is 43.0 Å². The van der Waals surface area contributed by atoms with E-state index in [1.165, 1.54) is 6.07 Å². The molecule has 1 saturated carbocycles. The van der Waals surface area contributed by atoms with Crippen LogP contribution in [0, 0.1) is 5.92 Å². The fourth-order valence-electron chi connectivity index (χ4n) is 3.27. The second-order valence-electron chi connectivity index (χ2n) is 6.17. The lowest BCUT2D eigenvalue weighted by molar-refractivity contribution is 0.297. The van der Waals surface area contributed by atoms with Gasteiger partial charge in [0.15, 0.2) is 11.5 Å². The van der Waals surface area contributed by atoms with Gasteiger partial charge in [-0.05, 0) is 30.9 Å². The summed E-state index contributed by atoms with van der Waals surface area (Å²) in [6, 6.07) is 4.53. The minimum absolute atomic E-state index is 0. The maximum Gasteiger partial charge on any atom is 0.241 e. The molecule has 0 radical (unpaired) electrons. The average Bonchev–Trinajstić information content (AvgIpc) is 2.97. The predicted molar refractivity (Wildman–Crippen MR) is 94.4 cm³/mol. The number of hydrogen-bond acceptors (Lipinski definition) is 5. The second-order valence-corrected chi connectivity index (χ2v) is 7.88. The molecule has 24 heavy (non-hydrogen) atoms. The maximum absolute atomic E-state index is 12.7. The van der Waals surface area contributed by atoms with Crippen LogP contribution in [0.4, 0.5) is 0 Å². The zero-order chi connectivity index (χ0) is 16.3. The number of nitrogens with one attached hydrogen (secondary N) is 1. The Balaban J connectivity index is 0.00000208. The molecule has 1 aromatic carbocycles. The van der Waals surface area contributed by atoms with Crippen molar-refractivity contribution in [1.29, 1.82) is 0 Å². The highest BCUT2D eigenvalue weighted by Gasteiger charge is 2.29. The topological polar surface area (TPSA) is 90.7 Å². The lowest BCUT2D eigenvalue weighted by Gasteiger charge is -2.23. The normalized spacial score (nSPS) is 19.4. The summed E-state index contributed by atoms with van der Waals surface area (Å²) in [5.74, 6) is 1.40. The molecule has 1 atom stereocenters. The number of benzene rings is 1. The van der Waals surface area contributed by atoms with Crippen LogP contribution < -0.4 is 19.9 Å². The smallest absolute Gasteiger partial charge is 0.241 e. The first kappa shape index (κ1) is 19.3. The van der Waals surface area contributed by atoms with Crippen molar-refractivity contribution in [2.24, 2.45) is 11.7 Å². The zero-order valence-electron chi connectivity index (χ0n) is 13.6. The molecule has 1 aliphatic heterocycles. The number of ether oxygens (including phenoxy) is 2. The molecule has 1 aromatic rings. The third kappa shape index (κ3) is 4.33. The Labute approximate surface area is 149 Å². The van der Waals surface area contributed by atoms with Crippen molar-refractivity contribution >= 4 is 22.4 Å². The Morgan fingerprint density at radius 2 is 1.79 bits per heavy atom. The molecule has 1 unspecified atom stereocenters. The molecule has 8 heteroatoms. The van der Waals surface area contributed by atoms with Gasteiger partial charge in [-0.1, -0.05) is 12.8 Å². The molecule has 2 aliphatic rings. The van der Waals surface area contributed by atoms with Gasteiger partial charge in [0.2, 0.25) is 10.0 Å². The molecular formula is C16H25ClN2O4S. The first-order valence-corrected chi connectivity index (χ1v) is 9.70. The van der Waals surface area contributed by atoms with Crippen LogP contribution in [0.3, 0.4) is 0 Å². The number of sulfonamides is 1. The molecule has 0 bridgehead atoms. The van der Waals surface area contributed by atoms with E-state index >= 15 is 0 Å². The van der Waals surface area contributed by atoms with Gasteiger partial charge in [0.05, 0.1) is 18.1 Å². The highest BCUT2D eigenvalue weighted by atomic mass is 35.5. The van der Waals surface area contributed by atoms with E-state index in [1.807, 2.05) is 0 Å². The molecular weight excluding hydrogens is 352 g/mol. The quantitative estimate of drug-likeness (QED) is 0.820. The van der Waals surface area contributed by atoms with Gasteiger partial charge in [0.25, 0.3) is 0 Å². The van der Waals surface area contributed by atoms with Gasteiger partial charge in [-0.25, -0.2) is 13.1 Å². The summed E-state index contributed by atoms with van der Waals surface area (Å²) in [4.78, 5) is 0.193. The molecule has 1 fully saturated rings. The molecule has 3 N–H and O–H groups in total. The predicted octanol–water partition coefficient (Wildman–Crippen LogP) is 2.07. The molecule has 136 valence electrons. The number of fused-ring (bicyclic) bond motifs is 1. The van der Waals surface area contributed by atoms with Gasteiger partial charge >= 0.3 is 0 Å². The molecule has 3 rings (SSSR count). The van der Waals surface area contributed by atoms with Crippen LogP contribution in [0.2, 0.25) is 0 Å². The zero-order valence-corrected chi connectivity index (χ0v) is 15.2. The summed E-state index contributed by atoms with van der Waals surface area (Å²) < 4.78 is 39.2. The van der Waals surface area contributed by atoms with Crippen molar-refractivity contribution in [2.75, 3.05) is 19.8 Å². The fourth-order valence-corrected chi connectivity index (χ4v) is 4.61. The minimum Gasteiger partial charge on any atom is -0.490 e. The molecule has 6 nitrogen and oxygen atoms in total. The summed E-state index contributed by atoms with van der Waals surface area (Å²) in [6.45, 7) is 1.42. The van der Waals surface area contributed by atoms with Crippen molar-refractivity contribution in [3.05, 3.63) is 18.2 Å². The summed E-state index contributed by atoms with van der Waals surface area (Å²) in [5, 5.41) is 0. The molecule has 1 heterocycles. The number of halogens is 1. The van der Waals surface area contributed by atoms with Gasteiger partial charge in [-0.2, -0.15) is 0 Å². The Hall–Kier alpha value is -1.02. The number of rotatable bonds is 5. The Morgan fingerprint density at radius 1 is 1.12 bits per heavy atom. The molecule has 1 aliphatic carbocycles. The average molecular weight is 377 g/mol. The van der Waals surface area contributed by atoms with Crippen molar-refractivity contribution in [3.8, 4) is 11.5 Å². The van der Waals surface area contributed by atoms with Gasteiger partial charge in [-0.3, -0.25) is 0 Å². The molecule has 0 spiro atoms. The van der Waals surface area contributed by atoms with Gasteiger partial charge in [0.1, 0.15) is 0 Å². The number of hydrogen-bond donors (Lipinski definition) is 2. The third-order valence-electron chi connectivity index (χ3n) is 4.56. The second kappa shape index (κ2) is 8.38. The van der Waals surface area contributed by atoms with Crippen LogP contribution in [0.15, 0.2) is 23.1 Å². The Kier molecular flexibility index (Phi) is 6.74.